The number of methoxy groups -OCH3 is 1. The van der Waals surface area contributed by atoms with Crippen LogP contribution < -0.4 is 4.74 Å². The molecule has 0 N–H and O–H groups in total. The van der Waals surface area contributed by atoms with Gasteiger partial charge in [0.2, 0.25) is 0 Å². The maximum Gasteiger partial charge on any atom is 0.198 e. The summed E-state index contributed by atoms with van der Waals surface area (Å²) < 4.78 is 33.1. The lowest BCUT2D eigenvalue weighted by atomic mass is 9.86. The molecule has 4 aromatic rings. The van der Waals surface area contributed by atoms with Crippen LogP contribution in [0.15, 0.2) is 42.6 Å². The highest BCUT2D eigenvalue weighted by molar-refractivity contribution is 5.77. The van der Waals surface area contributed by atoms with Gasteiger partial charge in [-0.05, 0) is 45.8 Å². The molecule has 2 aromatic heterocycles. The van der Waals surface area contributed by atoms with Crippen molar-refractivity contribution in [3.8, 4) is 5.75 Å². The molecule has 1 aliphatic rings. The predicted octanol–water partition coefficient (Wildman–Crippen LogP) is 3.04. The fraction of sp³-hybridized carbons (Fsp3) is 0.333. The van der Waals surface area contributed by atoms with Crippen LogP contribution in [0.3, 0.4) is 0 Å². The van der Waals surface area contributed by atoms with Crippen molar-refractivity contribution in [2.75, 3.05) is 20.3 Å². The monoisotopic (exact) mass is 409 g/mol. The van der Waals surface area contributed by atoms with E-state index in [2.05, 4.69) is 20.5 Å². The molecule has 0 radical (unpaired) electrons. The van der Waals surface area contributed by atoms with Gasteiger partial charge in [0.1, 0.15) is 18.2 Å². The predicted molar refractivity (Wildman–Crippen MR) is 106 cm³/mol. The SMILES string of the molecule is COC1(c2cc(F)cc(OCc3ccc4c(c3)ncc3nnnn34)c2)CCOCC1. The Bertz CT molecular complexity index is 1210. The Morgan fingerprint density at radius 1 is 1.17 bits per heavy atom. The number of rotatable bonds is 5. The fourth-order valence-electron chi connectivity index (χ4n) is 3.90. The molecule has 1 aliphatic heterocycles. The molecule has 3 heterocycles. The molecular weight excluding hydrogens is 389 g/mol. The number of benzene rings is 2. The van der Waals surface area contributed by atoms with Gasteiger partial charge in [-0.3, -0.25) is 4.98 Å². The molecular formula is C21H20FN5O3. The quantitative estimate of drug-likeness (QED) is 0.501. The third-order valence-corrected chi connectivity index (χ3v) is 5.57. The first-order valence-corrected chi connectivity index (χ1v) is 9.69. The molecule has 0 amide bonds. The third-order valence-electron chi connectivity index (χ3n) is 5.57. The van der Waals surface area contributed by atoms with E-state index in [0.717, 1.165) is 22.2 Å². The molecule has 2 aromatic carbocycles. The first-order chi connectivity index (χ1) is 14.7. The summed E-state index contributed by atoms with van der Waals surface area (Å²) in [5, 5.41) is 11.5. The summed E-state index contributed by atoms with van der Waals surface area (Å²) in [5.74, 6) is 0.101. The molecule has 8 nitrogen and oxygen atoms in total. The Morgan fingerprint density at radius 2 is 2.03 bits per heavy atom. The van der Waals surface area contributed by atoms with Gasteiger partial charge in [-0.15, -0.1) is 5.10 Å². The topological polar surface area (TPSA) is 83.7 Å². The summed E-state index contributed by atoms with van der Waals surface area (Å²) >= 11 is 0. The number of hydrogen-bond donors (Lipinski definition) is 0. The van der Waals surface area contributed by atoms with Gasteiger partial charge in [0, 0.05) is 39.2 Å². The number of aromatic nitrogens is 5. The summed E-state index contributed by atoms with van der Waals surface area (Å²) in [6, 6.07) is 10.5. The standard InChI is InChI=1S/C21H20FN5O3/c1-28-21(4-6-29-7-5-21)15-9-16(22)11-17(10-15)30-13-14-2-3-19-18(8-14)23-12-20-24-25-26-27(19)20/h2-3,8-12H,4-7,13H2,1H3. The zero-order chi connectivity index (χ0) is 20.6. The second-order valence-electron chi connectivity index (χ2n) is 7.31. The highest BCUT2D eigenvalue weighted by atomic mass is 19.1. The molecule has 0 aliphatic carbocycles. The molecule has 154 valence electrons. The second-order valence-corrected chi connectivity index (χ2v) is 7.31. The minimum absolute atomic E-state index is 0.275. The summed E-state index contributed by atoms with van der Waals surface area (Å²) in [7, 11) is 1.65. The van der Waals surface area contributed by atoms with E-state index in [4.69, 9.17) is 14.2 Å². The van der Waals surface area contributed by atoms with E-state index in [1.54, 1.807) is 17.8 Å². The normalized spacial score (nSPS) is 16.2. The Kier molecular flexibility index (Phi) is 4.76. The van der Waals surface area contributed by atoms with E-state index in [9.17, 15) is 4.39 Å². The van der Waals surface area contributed by atoms with Gasteiger partial charge in [-0.1, -0.05) is 6.07 Å². The molecule has 1 fully saturated rings. The van der Waals surface area contributed by atoms with E-state index < -0.39 is 5.60 Å². The van der Waals surface area contributed by atoms with Crippen LogP contribution >= 0.6 is 0 Å². The molecule has 5 rings (SSSR count). The molecule has 9 heteroatoms. The lowest BCUT2D eigenvalue weighted by molar-refractivity contribution is -0.0950. The summed E-state index contributed by atoms with van der Waals surface area (Å²) in [6.45, 7) is 1.44. The van der Waals surface area contributed by atoms with Crippen LogP contribution in [0, 0.1) is 5.82 Å². The van der Waals surface area contributed by atoms with Gasteiger partial charge in [-0.2, -0.15) is 4.52 Å². The van der Waals surface area contributed by atoms with Crippen LogP contribution in [0.4, 0.5) is 4.39 Å². The van der Waals surface area contributed by atoms with Crippen LogP contribution in [0.5, 0.6) is 5.75 Å². The van der Waals surface area contributed by atoms with Crippen LogP contribution in [0.1, 0.15) is 24.0 Å². The average molecular weight is 409 g/mol. The van der Waals surface area contributed by atoms with Crippen LogP contribution in [-0.2, 0) is 21.7 Å². The van der Waals surface area contributed by atoms with E-state index in [0.29, 0.717) is 37.5 Å². The molecule has 1 saturated heterocycles. The van der Waals surface area contributed by atoms with Crippen molar-refractivity contribution < 1.29 is 18.6 Å². The highest BCUT2D eigenvalue weighted by Gasteiger charge is 2.35. The lowest BCUT2D eigenvalue weighted by Gasteiger charge is -2.36. The molecule has 0 saturated carbocycles. The van der Waals surface area contributed by atoms with Gasteiger partial charge in [0.15, 0.2) is 5.65 Å². The van der Waals surface area contributed by atoms with Crippen LogP contribution in [0.2, 0.25) is 0 Å². The van der Waals surface area contributed by atoms with Crippen LogP contribution in [0.25, 0.3) is 16.7 Å². The van der Waals surface area contributed by atoms with Gasteiger partial charge < -0.3 is 14.2 Å². The lowest BCUT2D eigenvalue weighted by Crippen LogP contribution is -2.35. The molecule has 30 heavy (non-hydrogen) atoms. The average Bonchev–Trinajstić information content (AvgIpc) is 3.27. The number of ether oxygens (including phenoxy) is 3. The maximum atomic E-state index is 14.3. The highest BCUT2D eigenvalue weighted by Crippen LogP contribution is 2.37. The van der Waals surface area contributed by atoms with Crippen molar-refractivity contribution in [1.29, 1.82) is 0 Å². The number of halogens is 1. The van der Waals surface area contributed by atoms with E-state index in [1.165, 1.54) is 12.1 Å². The molecule has 0 unspecified atom stereocenters. The number of nitrogens with zero attached hydrogens (tertiary/aromatic N) is 5. The largest absolute Gasteiger partial charge is 0.489 e. The van der Waals surface area contributed by atoms with E-state index in [1.807, 2.05) is 24.3 Å². The summed E-state index contributed by atoms with van der Waals surface area (Å²) in [4.78, 5) is 4.40. The zero-order valence-corrected chi connectivity index (χ0v) is 16.4. The minimum atomic E-state index is -0.553. The van der Waals surface area contributed by atoms with Crippen molar-refractivity contribution in [1.82, 2.24) is 25.0 Å². The smallest absolute Gasteiger partial charge is 0.198 e. The second kappa shape index (κ2) is 7.58. The molecule has 0 spiro atoms. The number of hydrogen-bond acceptors (Lipinski definition) is 7. The molecule has 0 bridgehead atoms. The van der Waals surface area contributed by atoms with Gasteiger partial charge in [0.05, 0.1) is 22.8 Å². The van der Waals surface area contributed by atoms with Gasteiger partial charge in [0.25, 0.3) is 0 Å². The minimum Gasteiger partial charge on any atom is -0.489 e. The number of tetrazole rings is 1. The number of fused-ring (bicyclic) bond motifs is 3. The third kappa shape index (κ3) is 3.35. The molecule has 0 atom stereocenters. The van der Waals surface area contributed by atoms with Gasteiger partial charge >= 0.3 is 0 Å². The first-order valence-electron chi connectivity index (χ1n) is 9.69. The van der Waals surface area contributed by atoms with Gasteiger partial charge in [-0.25, -0.2) is 4.39 Å². The Labute approximate surface area is 171 Å². The van der Waals surface area contributed by atoms with Crippen molar-refractivity contribution in [2.45, 2.75) is 25.0 Å². The maximum absolute atomic E-state index is 14.3. The van der Waals surface area contributed by atoms with Crippen LogP contribution in [-0.4, -0.2) is 45.3 Å². The Hall–Kier alpha value is -3.17. The fourth-order valence-corrected chi connectivity index (χ4v) is 3.90. The van der Waals surface area contributed by atoms with E-state index >= 15 is 0 Å². The van der Waals surface area contributed by atoms with Crippen molar-refractivity contribution in [3.63, 3.8) is 0 Å². The van der Waals surface area contributed by atoms with Crippen molar-refractivity contribution in [2.24, 2.45) is 0 Å². The van der Waals surface area contributed by atoms with Crippen molar-refractivity contribution >= 4 is 16.7 Å². The first kappa shape index (κ1) is 18.8. The Balaban J connectivity index is 1.39. The zero-order valence-electron chi connectivity index (χ0n) is 16.4. The van der Waals surface area contributed by atoms with E-state index in [-0.39, 0.29) is 12.4 Å². The van der Waals surface area contributed by atoms with Crippen molar-refractivity contribution in [3.05, 3.63) is 59.5 Å². The summed E-state index contributed by atoms with van der Waals surface area (Å²) in [6.07, 6.45) is 2.96. The Morgan fingerprint density at radius 3 is 2.87 bits per heavy atom. The summed E-state index contributed by atoms with van der Waals surface area (Å²) in [5.41, 5.74) is 3.25.